The van der Waals surface area contributed by atoms with E-state index >= 15 is 0 Å². The molecular formula is C21H25N3O. The average Bonchev–Trinajstić information content (AvgIpc) is 3.11. The summed E-state index contributed by atoms with van der Waals surface area (Å²) in [6, 6.07) is 6.70. The predicted octanol–water partition coefficient (Wildman–Crippen LogP) is 3.57. The molecule has 4 rings (SSSR count). The SMILES string of the molecule is Cc1cncc([C@H]2CCCN2C(=O)Cc2ccc3c(c2)CCCC3)n1. The minimum atomic E-state index is 0.0810. The molecule has 4 nitrogen and oxygen atoms in total. The summed E-state index contributed by atoms with van der Waals surface area (Å²) >= 11 is 0. The van der Waals surface area contributed by atoms with Gasteiger partial charge < -0.3 is 4.90 Å². The van der Waals surface area contributed by atoms with Gasteiger partial charge in [0.15, 0.2) is 0 Å². The third-order valence-electron chi connectivity index (χ3n) is 5.46. The molecule has 1 aliphatic carbocycles. The Kier molecular flexibility index (Phi) is 4.51. The van der Waals surface area contributed by atoms with Gasteiger partial charge in [0.1, 0.15) is 0 Å². The third kappa shape index (κ3) is 3.44. The highest BCUT2D eigenvalue weighted by atomic mass is 16.2. The summed E-state index contributed by atoms with van der Waals surface area (Å²) in [5, 5.41) is 0. The molecule has 1 aromatic heterocycles. The van der Waals surface area contributed by atoms with Crippen molar-refractivity contribution in [3.05, 3.63) is 58.7 Å². The second-order valence-electron chi connectivity index (χ2n) is 7.32. The van der Waals surface area contributed by atoms with Crippen LogP contribution in [0.5, 0.6) is 0 Å². The van der Waals surface area contributed by atoms with E-state index < -0.39 is 0 Å². The second-order valence-corrected chi connectivity index (χ2v) is 7.32. The van der Waals surface area contributed by atoms with Gasteiger partial charge in [-0.15, -0.1) is 0 Å². The van der Waals surface area contributed by atoms with E-state index in [1.54, 1.807) is 6.20 Å². The van der Waals surface area contributed by atoms with Gasteiger partial charge in [-0.05, 0) is 62.1 Å². The summed E-state index contributed by atoms with van der Waals surface area (Å²) in [6.45, 7) is 2.77. The van der Waals surface area contributed by atoms with Crippen molar-refractivity contribution in [1.29, 1.82) is 0 Å². The van der Waals surface area contributed by atoms with Crippen LogP contribution < -0.4 is 0 Å². The van der Waals surface area contributed by atoms with E-state index in [2.05, 4.69) is 28.2 Å². The average molecular weight is 335 g/mol. The van der Waals surface area contributed by atoms with Gasteiger partial charge in [-0.2, -0.15) is 0 Å². The fourth-order valence-electron chi connectivity index (χ4n) is 4.19. The van der Waals surface area contributed by atoms with E-state index in [4.69, 9.17) is 0 Å². The standard InChI is InChI=1S/C21H25N3O/c1-15-13-22-14-19(23-15)20-7-4-10-24(20)21(25)12-16-8-9-17-5-2-3-6-18(17)11-16/h8-9,11,13-14,20H,2-7,10,12H2,1H3/t20-/m1/s1. The smallest absolute Gasteiger partial charge is 0.227 e. The van der Waals surface area contributed by atoms with E-state index in [9.17, 15) is 4.79 Å². The Hall–Kier alpha value is -2.23. The van der Waals surface area contributed by atoms with E-state index in [1.807, 2.05) is 18.0 Å². The van der Waals surface area contributed by atoms with Crippen LogP contribution in [-0.4, -0.2) is 27.3 Å². The Bertz CT molecular complexity index is 786. The number of aryl methyl sites for hydroxylation is 3. The van der Waals surface area contributed by atoms with Crippen LogP contribution in [0.2, 0.25) is 0 Å². The minimum absolute atomic E-state index is 0.0810. The first kappa shape index (κ1) is 16.2. The van der Waals surface area contributed by atoms with E-state index in [1.165, 1.54) is 30.4 Å². The van der Waals surface area contributed by atoms with Gasteiger partial charge in [-0.1, -0.05) is 18.2 Å². The molecule has 0 N–H and O–H groups in total. The van der Waals surface area contributed by atoms with E-state index in [-0.39, 0.29) is 11.9 Å². The van der Waals surface area contributed by atoms with Gasteiger partial charge in [0, 0.05) is 12.7 Å². The maximum Gasteiger partial charge on any atom is 0.227 e. The summed E-state index contributed by atoms with van der Waals surface area (Å²) < 4.78 is 0. The Balaban J connectivity index is 1.50. The lowest BCUT2D eigenvalue weighted by atomic mass is 9.90. The highest BCUT2D eigenvalue weighted by Crippen LogP contribution is 2.31. The number of carbonyl (C=O) groups excluding carboxylic acids is 1. The molecule has 2 aliphatic rings. The molecule has 1 aliphatic heterocycles. The maximum atomic E-state index is 12.9. The number of carbonyl (C=O) groups is 1. The number of hydrogen-bond acceptors (Lipinski definition) is 3. The summed E-state index contributed by atoms with van der Waals surface area (Å²) in [5.41, 5.74) is 5.89. The van der Waals surface area contributed by atoms with E-state index in [0.29, 0.717) is 6.42 Å². The maximum absolute atomic E-state index is 12.9. The molecule has 25 heavy (non-hydrogen) atoms. The fraction of sp³-hybridized carbons (Fsp3) is 0.476. The topological polar surface area (TPSA) is 46.1 Å². The Morgan fingerprint density at radius 2 is 2.00 bits per heavy atom. The molecule has 0 bridgehead atoms. The first-order chi connectivity index (χ1) is 12.2. The molecule has 1 fully saturated rings. The van der Waals surface area contributed by atoms with Crippen molar-refractivity contribution >= 4 is 5.91 Å². The molecule has 130 valence electrons. The first-order valence-electron chi connectivity index (χ1n) is 9.39. The van der Waals surface area contributed by atoms with Crippen LogP contribution in [0, 0.1) is 6.92 Å². The number of amides is 1. The molecule has 1 atom stereocenters. The van der Waals surface area contributed by atoms with Gasteiger partial charge >= 0.3 is 0 Å². The highest BCUT2D eigenvalue weighted by molar-refractivity contribution is 5.79. The van der Waals surface area contributed by atoms with Crippen molar-refractivity contribution in [1.82, 2.24) is 14.9 Å². The van der Waals surface area contributed by atoms with Crippen LogP contribution in [0.1, 0.15) is 59.8 Å². The van der Waals surface area contributed by atoms with Crippen LogP contribution in [0.25, 0.3) is 0 Å². The monoisotopic (exact) mass is 335 g/mol. The van der Waals surface area contributed by atoms with Crippen LogP contribution in [0.4, 0.5) is 0 Å². The Labute approximate surface area is 149 Å². The molecule has 4 heteroatoms. The van der Waals surface area contributed by atoms with Gasteiger partial charge in [-0.3, -0.25) is 14.8 Å². The van der Waals surface area contributed by atoms with Crippen molar-refractivity contribution in [2.24, 2.45) is 0 Å². The van der Waals surface area contributed by atoms with E-state index in [0.717, 1.165) is 42.8 Å². The van der Waals surface area contributed by atoms with Gasteiger partial charge in [0.25, 0.3) is 0 Å². The lowest BCUT2D eigenvalue weighted by Crippen LogP contribution is -2.32. The molecule has 0 radical (unpaired) electrons. The van der Waals surface area contributed by atoms with Crippen molar-refractivity contribution in [3.63, 3.8) is 0 Å². The van der Waals surface area contributed by atoms with Gasteiger partial charge in [-0.25, -0.2) is 0 Å². The summed E-state index contributed by atoms with van der Waals surface area (Å²) in [4.78, 5) is 23.8. The van der Waals surface area contributed by atoms with Crippen LogP contribution in [0.3, 0.4) is 0 Å². The lowest BCUT2D eigenvalue weighted by molar-refractivity contribution is -0.131. The largest absolute Gasteiger partial charge is 0.334 e. The zero-order chi connectivity index (χ0) is 17.2. The molecule has 2 heterocycles. The normalized spacial score (nSPS) is 19.7. The molecule has 1 saturated heterocycles. The Morgan fingerprint density at radius 3 is 2.84 bits per heavy atom. The molecule has 0 unspecified atom stereocenters. The number of aromatic nitrogens is 2. The van der Waals surface area contributed by atoms with Gasteiger partial charge in [0.2, 0.25) is 5.91 Å². The first-order valence-corrected chi connectivity index (χ1v) is 9.39. The summed E-state index contributed by atoms with van der Waals surface area (Å²) in [5.74, 6) is 0.210. The predicted molar refractivity (Wildman–Crippen MR) is 97.2 cm³/mol. The molecular weight excluding hydrogens is 310 g/mol. The lowest BCUT2D eigenvalue weighted by Gasteiger charge is -2.25. The number of rotatable bonds is 3. The number of fused-ring (bicyclic) bond motifs is 1. The Morgan fingerprint density at radius 1 is 1.16 bits per heavy atom. The molecule has 0 spiro atoms. The van der Waals surface area contributed by atoms with Crippen LogP contribution in [0.15, 0.2) is 30.6 Å². The fourth-order valence-corrected chi connectivity index (χ4v) is 4.19. The third-order valence-corrected chi connectivity index (χ3v) is 5.46. The quantitative estimate of drug-likeness (QED) is 0.861. The van der Waals surface area contributed by atoms with Crippen molar-refractivity contribution in [2.45, 2.75) is 57.9 Å². The summed E-state index contributed by atoms with van der Waals surface area (Å²) in [6.07, 6.45) is 11.0. The zero-order valence-electron chi connectivity index (χ0n) is 14.9. The molecule has 0 saturated carbocycles. The van der Waals surface area contributed by atoms with Crippen molar-refractivity contribution in [2.75, 3.05) is 6.54 Å². The number of nitrogens with zero attached hydrogens (tertiary/aromatic N) is 3. The van der Waals surface area contributed by atoms with Crippen molar-refractivity contribution in [3.8, 4) is 0 Å². The second kappa shape index (κ2) is 6.95. The number of likely N-dealkylation sites (tertiary alicyclic amines) is 1. The molecule has 1 amide bonds. The number of benzene rings is 1. The zero-order valence-corrected chi connectivity index (χ0v) is 14.9. The van der Waals surface area contributed by atoms with Crippen LogP contribution >= 0.6 is 0 Å². The number of hydrogen-bond donors (Lipinski definition) is 0. The minimum Gasteiger partial charge on any atom is -0.334 e. The van der Waals surface area contributed by atoms with Crippen molar-refractivity contribution < 1.29 is 4.79 Å². The molecule has 2 aromatic rings. The highest BCUT2D eigenvalue weighted by Gasteiger charge is 2.31. The van der Waals surface area contributed by atoms with Gasteiger partial charge in [0.05, 0.1) is 30.0 Å². The summed E-state index contributed by atoms with van der Waals surface area (Å²) in [7, 11) is 0. The van der Waals surface area contributed by atoms with Crippen LogP contribution in [-0.2, 0) is 24.1 Å². The molecule has 1 aromatic carbocycles.